The summed E-state index contributed by atoms with van der Waals surface area (Å²) in [6.45, 7) is 17.6. The molecule has 0 radical (unpaired) electrons. The van der Waals surface area contributed by atoms with Crippen molar-refractivity contribution in [2.45, 2.75) is 65.6 Å². The van der Waals surface area contributed by atoms with Crippen LogP contribution in [-0.2, 0) is 0 Å². The second-order valence-electron chi connectivity index (χ2n) is 6.01. The summed E-state index contributed by atoms with van der Waals surface area (Å²) in [6.07, 6.45) is 1.26. The Morgan fingerprint density at radius 3 is 2.20 bits per heavy atom. The van der Waals surface area contributed by atoms with Crippen molar-refractivity contribution in [1.82, 2.24) is 9.80 Å². The van der Waals surface area contributed by atoms with E-state index in [0.29, 0.717) is 11.6 Å². The van der Waals surface area contributed by atoms with Crippen molar-refractivity contribution in [2.24, 2.45) is 0 Å². The maximum Gasteiger partial charge on any atom is 0.0226 e. The minimum absolute atomic E-state index is 0.323. The molecule has 0 unspecified atom stereocenters. The van der Waals surface area contributed by atoms with Gasteiger partial charge in [0.2, 0.25) is 0 Å². The zero-order valence-corrected chi connectivity index (χ0v) is 11.4. The third-order valence-corrected chi connectivity index (χ3v) is 3.58. The van der Waals surface area contributed by atoms with Crippen molar-refractivity contribution in [1.29, 1.82) is 0 Å². The van der Waals surface area contributed by atoms with Crippen LogP contribution in [-0.4, -0.2) is 47.1 Å². The molecule has 0 aromatic carbocycles. The van der Waals surface area contributed by atoms with Crippen LogP contribution in [0.5, 0.6) is 0 Å². The zero-order valence-electron chi connectivity index (χ0n) is 11.4. The minimum Gasteiger partial charge on any atom is -0.298 e. The van der Waals surface area contributed by atoms with E-state index in [-0.39, 0.29) is 0 Å². The van der Waals surface area contributed by atoms with E-state index in [0.717, 1.165) is 6.04 Å². The van der Waals surface area contributed by atoms with Crippen LogP contribution in [0.4, 0.5) is 0 Å². The molecule has 0 aromatic rings. The fourth-order valence-corrected chi connectivity index (χ4v) is 2.58. The SMILES string of the molecule is CC[C@@H]1CN(C(C)C)CCN1C(C)(C)C. The van der Waals surface area contributed by atoms with E-state index in [1.807, 2.05) is 0 Å². The highest BCUT2D eigenvalue weighted by molar-refractivity contribution is 4.89. The largest absolute Gasteiger partial charge is 0.298 e. The summed E-state index contributed by atoms with van der Waals surface area (Å²) in [5.41, 5.74) is 0.323. The van der Waals surface area contributed by atoms with Crippen LogP contribution in [0.25, 0.3) is 0 Å². The van der Waals surface area contributed by atoms with E-state index in [4.69, 9.17) is 0 Å². The molecule has 1 aliphatic rings. The van der Waals surface area contributed by atoms with Gasteiger partial charge >= 0.3 is 0 Å². The Morgan fingerprint density at radius 1 is 1.20 bits per heavy atom. The molecule has 1 aliphatic heterocycles. The maximum absolute atomic E-state index is 2.67. The molecular weight excluding hydrogens is 184 g/mol. The average molecular weight is 212 g/mol. The van der Waals surface area contributed by atoms with Gasteiger partial charge in [0.05, 0.1) is 0 Å². The van der Waals surface area contributed by atoms with Crippen LogP contribution in [0.2, 0.25) is 0 Å². The Bertz CT molecular complexity index is 193. The van der Waals surface area contributed by atoms with Gasteiger partial charge in [0, 0.05) is 37.3 Å². The molecule has 1 rings (SSSR count). The minimum atomic E-state index is 0.323. The molecule has 0 aromatic heterocycles. The van der Waals surface area contributed by atoms with Crippen molar-refractivity contribution < 1.29 is 0 Å². The van der Waals surface area contributed by atoms with E-state index >= 15 is 0 Å². The van der Waals surface area contributed by atoms with Crippen LogP contribution in [0, 0.1) is 0 Å². The highest BCUT2D eigenvalue weighted by atomic mass is 15.3. The lowest BCUT2D eigenvalue weighted by Gasteiger charge is -2.49. The lowest BCUT2D eigenvalue weighted by atomic mass is 9.98. The molecule has 0 N–H and O–H groups in total. The third kappa shape index (κ3) is 3.18. The van der Waals surface area contributed by atoms with Crippen LogP contribution in [0.15, 0.2) is 0 Å². The zero-order chi connectivity index (χ0) is 11.6. The quantitative estimate of drug-likeness (QED) is 0.694. The molecule has 0 saturated carbocycles. The highest BCUT2D eigenvalue weighted by Crippen LogP contribution is 2.23. The van der Waals surface area contributed by atoms with Gasteiger partial charge in [-0.15, -0.1) is 0 Å². The normalized spacial score (nSPS) is 26.2. The second kappa shape index (κ2) is 4.84. The Morgan fingerprint density at radius 2 is 1.80 bits per heavy atom. The summed E-state index contributed by atoms with van der Waals surface area (Å²) < 4.78 is 0. The number of nitrogens with zero attached hydrogens (tertiary/aromatic N) is 2. The fraction of sp³-hybridized carbons (Fsp3) is 1.00. The first-order valence-electron chi connectivity index (χ1n) is 6.37. The molecule has 1 atom stereocenters. The number of hydrogen-bond donors (Lipinski definition) is 0. The Labute approximate surface area is 95.6 Å². The first-order valence-corrected chi connectivity index (χ1v) is 6.37. The van der Waals surface area contributed by atoms with E-state index in [9.17, 15) is 0 Å². The number of hydrogen-bond acceptors (Lipinski definition) is 2. The molecule has 0 bridgehead atoms. The molecule has 1 fully saturated rings. The molecule has 1 heterocycles. The van der Waals surface area contributed by atoms with Gasteiger partial charge in [-0.1, -0.05) is 6.92 Å². The molecule has 2 heteroatoms. The molecule has 0 spiro atoms. The van der Waals surface area contributed by atoms with Gasteiger partial charge in [-0.2, -0.15) is 0 Å². The second-order valence-corrected chi connectivity index (χ2v) is 6.01. The lowest BCUT2D eigenvalue weighted by molar-refractivity contribution is -0.00195. The van der Waals surface area contributed by atoms with Crippen LogP contribution < -0.4 is 0 Å². The predicted molar refractivity (Wildman–Crippen MR) is 67.2 cm³/mol. The topological polar surface area (TPSA) is 6.48 Å². The van der Waals surface area contributed by atoms with E-state index < -0.39 is 0 Å². The summed E-state index contributed by atoms with van der Waals surface area (Å²) in [5, 5.41) is 0. The average Bonchev–Trinajstić information content (AvgIpc) is 2.15. The van der Waals surface area contributed by atoms with Gasteiger partial charge in [0.1, 0.15) is 0 Å². The summed E-state index contributed by atoms with van der Waals surface area (Å²) in [4.78, 5) is 5.28. The molecule has 15 heavy (non-hydrogen) atoms. The summed E-state index contributed by atoms with van der Waals surface area (Å²) in [7, 11) is 0. The standard InChI is InChI=1S/C13H28N2/c1-7-12-10-14(11(2)3)8-9-15(12)13(4,5)6/h11-12H,7-10H2,1-6H3/t12-/m1/s1. The van der Waals surface area contributed by atoms with Crippen LogP contribution in [0.3, 0.4) is 0 Å². The summed E-state index contributed by atoms with van der Waals surface area (Å²) in [5.74, 6) is 0. The Balaban J connectivity index is 2.65. The molecule has 2 nitrogen and oxygen atoms in total. The van der Waals surface area contributed by atoms with Crippen molar-refractivity contribution in [3.63, 3.8) is 0 Å². The van der Waals surface area contributed by atoms with Crippen molar-refractivity contribution in [3.05, 3.63) is 0 Å². The van der Waals surface area contributed by atoms with Gasteiger partial charge in [-0.05, 0) is 41.0 Å². The highest BCUT2D eigenvalue weighted by Gasteiger charge is 2.33. The fourth-order valence-electron chi connectivity index (χ4n) is 2.58. The molecule has 0 amide bonds. The Kier molecular flexibility index (Phi) is 4.19. The first kappa shape index (κ1) is 13.0. The van der Waals surface area contributed by atoms with Gasteiger partial charge < -0.3 is 0 Å². The Hall–Kier alpha value is -0.0800. The summed E-state index contributed by atoms with van der Waals surface area (Å²) >= 11 is 0. The van der Waals surface area contributed by atoms with Crippen molar-refractivity contribution in [2.75, 3.05) is 19.6 Å². The smallest absolute Gasteiger partial charge is 0.0226 e. The van der Waals surface area contributed by atoms with E-state index in [1.165, 1.54) is 26.1 Å². The van der Waals surface area contributed by atoms with Crippen molar-refractivity contribution in [3.8, 4) is 0 Å². The van der Waals surface area contributed by atoms with Crippen LogP contribution in [0.1, 0.15) is 48.0 Å². The number of piperazine rings is 1. The monoisotopic (exact) mass is 212 g/mol. The third-order valence-electron chi connectivity index (χ3n) is 3.58. The maximum atomic E-state index is 2.67. The van der Waals surface area contributed by atoms with Gasteiger partial charge in [-0.25, -0.2) is 0 Å². The van der Waals surface area contributed by atoms with Gasteiger partial charge in [0.15, 0.2) is 0 Å². The van der Waals surface area contributed by atoms with Gasteiger partial charge in [0.25, 0.3) is 0 Å². The molecule has 0 aliphatic carbocycles. The molecular formula is C13H28N2. The first-order chi connectivity index (χ1) is 6.86. The molecule has 90 valence electrons. The molecule has 1 saturated heterocycles. The van der Waals surface area contributed by atoms with Crippen LogP contribution >= 0.6 is 0 Å². The number of rotatable bonds is 2. The predicted octanol–water partition coefficient (Wildman–Crippen LogP) is 2.59. The lowest BCUT2D eigenvalue weighted by Crippen LogP contribution is -2.60. The summed E-state index contributed by atoms with van der Waals surface area (Å²) in [6, 6.07) is 1.43. The van der Waals surface area contributed by atoms with Gasteiger partial charge in [-0.3, -0.25) is 9.80 Å². The van der Waals surface area contributed by atoms with E-state index in [1.54, 1.807) is 0 Å². The van der Waals surface area contributed by atoms with E-state index in [2.05, 4.69) is 51.3 Å². The van der Waals surface area contributed by atoms with Crippen molar-refractivity contribution >= 4 is 0 Å².